The van der Waals surface area contributed by atoms with Gasteiger partial charge in [-0.15, -0.1) is 0 Å². The Morgan fingerprint density at radius 1 is 1.22 bits per heavy atom. The molecule has 0 unspecified atom stereocenters. The van der Waals surface area contributed by atoms with Crippen molar-refractivity contribution < 1.29 is 19.1 Å². The molecule has 0 bridgehead atoms. The van der Waals surface area contributed by atoms with Crippen molar-refractivity contribution in [2.24, 2.45) is 0 Å². The summed E-state index contributed by atoms with van der Waals surface area (Å²) >= 11 is 5.76. The van der Waals surface area contributed by atoms with Crippen LogP contribution in [0, 0.1) is 0 Å². The van der Waals surface area contributed by atoms with Gasteiger partial charge in [0.25, 0.3) is 5.91 Å². The molecule has 0 aliphatic carbocycles. The van der Waals surface area contributed by atoms with Crippen LogP contribution in [-0.4, -0.2) is 25.6 Å². The van der Waals surface area contributed by atoms with Crippen LogP contribution in [0.15, 0.2) is 42.5 Å². The maximum atomic E-state index is 11.9. The number of hydrogen-bond donors (Lipinski definition) is 2. The molecule has 0 aliphatic rings. The van der Waals surface area contributed by atoms with Crippen LogP contribution in [0.25, 0.3) is 0 Å². The average Bonchev–Trinajstić information content (AvgIpc) is 2.53. The van der Waals surface area contributed by atoms with Crippen molar-refractivity contribution in [2.45, 2.75) is 0 Å². The number of nitrogen functional groups attached to an aromatic ring is 1. The minimum atomic E-state index is -0.700. The first-order valence-electron chi connectivity index (χ1n) is 6.66. The maximum absolute atomic E-state index is 11.9. The Hall–Kier alpha value is -2.73. The zero-order valence-corrected chi connectivity index (χ0v) is 13.1. The Morgan fingerprint density at radius 3 is 2.65 bits per heavy atom. The van der Waals surface area contributed by atoms with Crippen LogP contribution in [0.3, 0.4) is 0 Å². The van der Waals surface area contributed by atoms with E-state index in [9.17, 15) is 9.59 Å². The Labute approximate surface area is 138 Å². The number of rotatable bonds is 5. The molecular formula is C16H15ClN2O4. The fourth-order valence-electron chi connectivity index (χ4n) is 1.86. The second-order valence-electron chi connectivity index (χ2n) is 4.56. The number of carbonyl (C=O) groups excluding carboxylic acids is 2. The number of amides is 1. The largest absolute Gasteiger partial charge is 0.495 e. The average molecular weight is 335 g/mol. The number of benzene rings is 2. The third-order valence-corrected chi connectivity index (χ3v) is 3.18. The van der Waals surface area contributed by atoms with E-state index in [4.69, 9.17) is 26.8 Å². The zero-order valence-electron chi connectivity index (χ0n) is 12.3. The molecule has 0 saturated heterocycles. The van der Waals surface area contributed by atoms with Gasteiger partial charge in [-0.05, 0) is 30.3 Å². The van der Waals surface area contributed by atoms with E-state index >= 15 is 0 Å². The number of esters is 1. The van der Waals surface area contributed by atoms with Gasteiger partial charge in [-0.25, -0.2) is 4.79 Å². The lowest BCUT2D eigenvalue weighted by Crippen LogP contribution is -2.21. The fourth-order valence-corrected chi connectivity index (χ4v) is 2.04. The predicted molar refractivity (Wildman–Crippen MR) is 87.8 cm³/mol. The lowest BCUT2D eigenvalue weighted by molar-refractivity contribution is -0.119. The van der Waals surface area contributed by atoms with E-state index in [2.05, 4.69) is 5.32 Å². The van der Waals surface area contributed by atoms with Crippen molar-refractivity contribution >= 4 is 34.9 Å². The van der Waals surface area contributed by atoms with Crippen LogP contribution < -0.4 is 15.8 Å². The van der Waals surface area contributed by atoms with Crippen LogP contribution in [-0.2, 0) is 9.53 Å². The second-order valence-corrected chi connectivity index (χ2v) is 4.99. The first-order valence-corrected chi connectivity index (χ1v) is 7.04. The third kappa shape index (κ3) is 4.37. The molecule has 0 radical (unpaired) electrons. The van der Waals surface area contributed by atoms with E-state index in [-0.39, 0.29) is 11.3 Å². The third-order valence-electron chi connectivity index (χ3n) is 2.95. The van der Waals surface area contributed by atoms with Gasteiger partial charge in [-0.1, -0.05) is 23.7 Å². The summed E-state index contributed by atoms with van der Waals surface area (Å²) in [6, 6.07) is 11.3. The topological polar surface area (TPSA) is 90.6 Å². The normalized spacial score (nSPS) is 10.0. The quantitative estimate of drug-likeness (QED) is 0.648. The fraction of sp³-hybridized carbons (Fsp3) is 0.125. The van der Waals surface area contributed by atoms with Gasteiger partial charge in [0.2, 0.25) is 0 Å². The monoisotopic (exact) mass is 334 g/mol. The Kier molecular flexibility index (Phi) is 5.43. The van der Waals surface area contributed by atoms with Gasteiger partial charge >= 0.3 is 5.97 Å². The summed E-state index contributed by atoms with van der Waals surface area (Å²) in [5.74, 6) is -0.682. The highest BCUT2D eigenvalue weighted by atomic mass is 35.5. The molecule has 2 aromatic carbocycles. The molecule has 7 heteroatoms. The number of anilines is 2. The van der Waals surface area contributed by atoms with Gasteiger partial charge in [0.15, 0.2) is 6.61 Å². The number of para-hydroxylation sites is 2. The molecule has 120 valence electrons. The number of nitrogens with one attached hydrogen (secondary N) is 1. The minimum absolute atomic E-state index is 0.152. The standard InChI is InChI=1S/C16H15ClN2O4/c1-22-14-5-3-2-4-13(14)19-15(20)9-23-16(21)11-7-6-10(17)8-12(11)18/h2-8H,9,18H2,1H3,(H,19,20). The van der Waals surface area contributed by atoms with Gasteiger partial charge < -0.3 is 20.5 Å². The van der Waals surface area contributed by atoms with Crippen molar-refractivity contribution in [2.75, 3.05) is 24.8 Å². The van der Waals surface area contributed by atoms with Gasteiger partial charge in [-0.2, -0.15) is 0 Å². The number of hydrogen-bond acceptors (Lipinski definition) is 5. The number of halogens is 1. The van der Waals surface area contributed by atoms with Crippen molar-refractivity contribution in [1.29, 1.82) is 0 Å². The summed E-state index contributed by atoms with van der Waals surface area (Å²) in [5.41, 5.74) is 6.52. The van der Waals surface area contributed by atoms with E-state index in [1.807, 2.05) is 0 Å². The molecule has 0 atom stereocenters. The Morgan fingerprint density at radius 2 is 1.96 bits per heavy atom. The highest BCUT2D eigenvalue weighted by Gasteiger charge is 2.14. The molecule has 2 aromatic rings. The second kappa shape index (κ2) is 7.51. The Bertz CT molecular complexity index is 734. The summed E-state index contributed by atoms with van der Waals surface area (Å²) in [6.45, 7) is -0.445. The van der Waals surface area contributed by atoms with E-state index in [1.165, 1.54) is 25.3 Å². The molecule has 0 fully saturated rings. The highest BCUT2D eigenvalue weighted by Crippen LogP contribution is 2.23. The summed E-state index contributed by atoms with van der Waals surface area (Å²) in [7, 11) is 1.49. The van der Waals surface area contributed by atoms with Crippen molar-refractivity contribution in [1.82, 2.24) is 0 Å². The predicted octanol–water partition coefficient (Wildman–Crippen LogP) is 2.73. The van der Waals surface area contributed by atoms with Crippen molar-refractivity contribution in [3.63, 3.8) is 0 Å². The molecular weight excluding hydrogens is 320 g/mol. The van der Waals surface area contributed by atoms with E-state index < -0.39 is 18.5 Å². The smallest absolute Gasteiger partial charge is 0.340 e. The van der Waals surface area contributed by atoms with Crippen LogP contribution in [0.5, 0.6) is 5.75 Å². The number of methoxy groups -OCH3 is 1. The molecule has 0 heterocycles. The van der Waals surface area contributed by atoms with E-state index in [0.717, 1.165) is 0 Å². The van der Waals surface area contributed by atoms with Gasteiger partial charge in [0, 0.05) is 10.7 Å². The highest BCUT2D eigenvalue weighted by molar-refractivity contribution is 6.31. The first-order chi connectivity index (χ1) is 11.0. The molecule has 0 spiro atoms. The van der Waals surface area contributed by atoms with Crippen LogP contribution in [0.2, 0.25) is 5.02 Å². The summed E-state index contributed by atoms with van der Waals surface area (Å²) in [5, 5.41) is 3.01. The SMILES string of the molecule is COc1ccccc1NC(=O)COC(=O)c1ccc(Cl)cc1N. The minimum Gasteiger partial charge on any atom is -0.495 e. The van der Waals surface area contributed by atoms with Crippen molar-refractivity contribution in [3.05, 3.63) is 53.1 Å². The van der Waals surface area contributed by atoms with Crippen molar-refractivity contribution in [3.8, 4) is 5.75 Å². The molecule has 0 aliphatic heterocycles. The molecule has 0 saturated carbocycles. The van der Waals surface area contributed by atoms with Gasteiger partial charge in [0.05, 0.1) is 18.4 Å². The van der Waals surface area contributed by atoms with Crippen LogP contribution in [0.4, 0.5) is 11.4 Å². The van der Waals surface area contributed by atoms with E-state index in [1.54, 1.807) is 24.3 Å². The molecule has 0 aromatic heterocycles. The van der Waals surface area contributed by atoms with Gasteiger partial charge in [-0.3, -0.25) is 4.79 Å². The lowest BCUT2D eigenvalue weighted by atomic mass is 10.2. The maximum Gasteiger partial charge on any atom is 0.340 e. The number of carbonyl (C=O) groups is 2. The van der Waals surface area contributed by atoms with Crippen LogP contribution >= 0.6 is 11.6 Å². The summed E-state index contributed by atoms with van der Waals surface area (Å²) < 4.78 is 10.1. The van der Waals surface area contributed by atoms with E-state index in [0.29, 0.717) is 16.5 Å². The molecule has 1 amide bonds. The summed E-state index contributed by atoms with van der Waals surface area (Å²) in [6.07, 6.45) is 0. The zero-order chi connectivity index (χ0) is 16.8. The lowest BCUT2D eigenvalue weighted by Gasteiger charge is -2.10. The first kappa shape index (κ1) is 16.6. The molecule has 6 nitrogen and oxygen atoms in total. The van der Waals surface area contributed by atoms with Gasteiger partial charge in [0.1, 0.15) is 5.75 Å². The molecule has 23 heavy (non-hydrogen) atoms. The molecule has 2 rings (SSSR count). The van der Waals surface area contributed by atoms with Crippen LogP contribution in [0.1, 0.15) is 10.4 Å². The summed E-state index contributed by atoms with van der Waals surface area (Å²) in [4.78, 5) is 23.8. The molecule has 3 N–H and O–H groups in total. The Balaban J connectivity index is 1.95. The number of nitrogens with two attached hydrogens (primary N) is 1. The number of ether oxygens (including phenoxy) is 2.